The Hall–Kier alpha value is -0.980. The highest BCUT2D eigenvalue weighted by atomic mass is 15.0. The summed E-state index contributed by atoms with van der Waals surface area (Å²) in [5.74, 6) is 2.25. The van der Waals surface area contributed by atoms with Crippen molar-refractivity contribution in [1.29, 1.82) is 0 Å². The minimum Gasteiger partial charge on any atom is -0.383 e. The molecule has 25 heavy (non-hydrogen) atoms. The van der Waals surface area contributed by atoms with E-state index < -0.39 is 0 Å². The smallest absolute Gasteiger partial charge is 0.0412 e. The molecule has 146 valence electrons. The predicted octanol–water partition coefficient (Wildman–Crippen LogP) is 7.66. The number of rotatable bonds is 8. The molecule has 1 N–H and O–H groups in total. The van der Waals surface area contributed by atoms with E-state index in [4.69, 9.17) is 0 Å². The molecule has 0 radical (unpaired) electrons. The summed E-state index contributed by atoms with van der Waals surface area (Å²) in [6.07, 6.45) is 17.2. The molecule has 2 fully saturated rings. The van der Waals surface area contributed by atoms with E-state index in [2.05, 4.69) is 51.4 Å². The Kier molecular flexibility index (Phi) is 12.7. The Labute approximate surface area is 159 Å². The van der Waals surface area contributed by atoms with Crippen molar-refractivity contribution in [3.63, 3.8) is 0 Å². The first-order chi connectivity index (χ1) is 12.0. The molecular weight excluding hydrogens is 302 g/mol. The molecule has 0 amide bonds. The third-order valence-corrected chi connectivity index (χ3v) is 5.40. The van der Waals surface area contributed by atoms with Crippen molar-refractivity contribution in [2.75, 3.05) is 0 Å². The first kappa shape index (κ1) is 24.0. The van der Waals surface area contributed by atoms with Crippen molar-refractivity contribution in [2.45, 2.75) is 98.4 Å². The van der Waals surface area contributed by atoms with E-state index in [0.29, 0.717) is 11.5 Å². The summed E-state index contributed by atoms with van der Waals surface area (Å²) in [5, 5.41) is 3.76. The predicted molar refractivity (Wildman–Crippen MR) is 116 cm³/mol. The van der Waals surface area contributed by atoms with Crippen LogP contribution in [0.1, 0.15) is 92.9 Å². The lowest BCUT2D eigenvalue weighted by molar-refractivity contribution is 0.426. The molecule has 0 aromatic rings. The molecule has 2 saturated carbocycles. The topological polar surface area (TPSA) is 12.0 Å². The number of nitrogens with one attached hydrogen (secondary N) is 1. The number of allylic oxidation sites excluding steroid dienone is 3. The third-order valence-electron chi connectivity index (χ3n) is 5.40. The van der Waals surface area contributed by atoms with E-state index in [1.54, 1.807) is 6.08 Å². The van der Waals surface area contributed by atoms with Crippen LogP contribution < -0.4 is 5.32 Å². The fraction of sp³-hybridized carbons (Fsp3) is 0.750. The fourth-order valence-electron chi connectivity index (χ4n) is 3.72. The quantitative estimate of drug-likeness (QED) is 0.351. The molecule has 0 aromatic heterocycles. The lowest BCUT2D eigenvalue weighted by Crippen LogP contribution is -2.32. The Morgan fingerprint density at radius 1 is 1.24 bits per heavy atom. The summed E-state index contributed by atoms with van der Waals surface area (Å²) in [5.41, 5.74) is 1.60. The molecule has 0 aliphatic heterocycles. The van der Waals surface area contributed by atoms with Crippen LogP contribution >= 0.6 is 0 Å². The Balaban J connectivity index is 0.00000104. The van der Waals surface area contributed by atoms with Gasteiger partial charge in [-0.3, -0.25) is 0 Å². The minimum absolute atomic E-state index is 0.292. The fourth-order valence-corrected chi connectivity index (χ4v) is 3.72. The molecule has 0 aromatic carbocycles. The average molecular weight is 348 g/mol. The van der Waals surface area contributed by atoms with E-state index in [-0.39, 0.29) is 0 Å². The van der Waals surface area contributed by atoms with Crippen LogP contribution in [-0.2, 0) is 0 Å². The summed E-state index contributed by atoms with van der Waals surface area (Å²) in [7, 11) is 0. The molecule has 2 aliphatic carbocycles. The van der Waals surface area contributed by atoms with Gasteiger partial charge in [-0.05, 0) is 45.4 Å². The Bertz CT molecular complexity index is 395. The maximum Gasteiger partial charge on any atom is 0.0412 e. The van der Waals surface area contributed by atoms with Crippen molar-refractivity contribution in [2.24, 2.45) is 17.8 Å². The van der Waals surface area contributed by atoms with Gasteiger partial charge >= 0.3 is 0 Å². The molecule has 0 spiro atoms. The average Bonchev–Trinajstić information content (AvgIpc) is 3.01. The molecule has 2 aliphatic rings. The van der Waals surface area contributed by atoms with Crippen LogP contribution in [0, 0.1) is 17.8 Å². The molecule has 0 heterocycles. The number of hydrogen-bond donors (Lipinski definition) is 1. The van der Waals surface area contributed by atoms with Gasteiger partial charge in [0.25, 0.3) is 0 Å². The highest BCUT2D eigenvalue weighted by Crippen LogP contribution is 2.46. The van der Waals surface area contributed by atoms with E-state index in [1.165, 1.54) is 57.1 Å². The highest BCUT2D eigenvalue weighted by molar-refractivity contribution is 5.21. The molecule has 1 unspecified atom stereocenters. The summed E-state index contributed by atoms with van der Waals surface area (Å²) in [6.45, 7) is 20.6. The SMILES string of the molecule is C=C(N[C@]1(C)C[C@H]1/C=C\CCCCC)C1CCC[C@H]1C.C=CC.CC. The maximum absolute atomic E-state index is 4.33. The standard InChI is InChI=1S/C19H33N.C3H6.C2H6/c1-5-6-7-8-9-12-17-14-19(17,4)20-16(3)18-13-10-11-15(18)2;1-3-2;1-2/h9,12,15,17-18,20H,3,5-8,10-11,13-14H2,1-2,4H3;3H,1H2,2H3;1-2H3/b12-9-;;/t15-,17-,18?,19-;;/m1../s1. The molecule has 0 bridgehead atoms. The lowest BCUT2D eigenvalue weighted by atomic mass is 9.94. The van der Waals surface area contributed by atoms with E-state index >= 15 is 0 Å². The van der Waals surface area contributed by atoms with Crippen LogP contribution in [0.25, 0.3) is 0 Å². The summed E-state index contributed by atoms with van der Waals surface area (Å²) < 4.78 is 0. The number of unbranched alkanes of at least 4 members (excludes halogenated alkanes) is 3. The lowest BCUT2D eigenvalue weighted by Gasteiger charge is -2.24. The molecule has 4 atom stereocenters. The second-order valence-corrected chi connectivity index (χ2v) is 7.73. The van der Waals surface area contributed by atoms with Gasteiger partial charge in [0.05, 0.1) is 0 Å². The van der Waals surface area contributed by atoms with Crippen molar-refractivity contribution in [1.82, 2.24) is 5.32 Å². The normalized spacial score (nSPS) is 29.9. The minimum atomic E-state index is 0.292. The molecule has 1 nitrogen and oxygen atoms in total. The van der Waals surface area contributed by atoms with Crippen molar-refractivity contribution in [3.8, 4) is 0 Å². The zero-order chi connectivity index (χ0) is 19.3. The first-order valence-electron chi connectivity index (χ1n) is 10.7. The second-order valence-electron chi connectivity index (χ2n) is 7.73. The van der Waals surface area contributed by atoms with Gasteiger partial charge < -0.3 is 5.32 Å². The maximum atomic E-state index is 4.33. The Morgan fingerprint density at radius 3 is 2.40 bits per heavy atom. The van der Waals surface area contributed by atoms with Crippen molar-refractivity contribution < 1.29 is 0 Å². The summed E-state index contributed by atoms with van der Waals surface area (Å²) in [4.78, 5) is 0. The summed E-state index contributed by atoms with van der Waals surface area (Å²) >= 11 is 0. The van der Waals surface area contributed by atoms with Crippen LogP contribution in [0.5, 0.6) is 0 Å². The van der Waals surface area contributed by atoms with Crippen LogP contribution in [0.3, 0.4) is 0 Å². The molecule has 2 rings (SSSR count). The van der Waals surface area contributed by atoms with Gasteiger partial charge in [-0.1, -0.05) is 78.2 Å². The van der Waals surface area contributed by atoms with E-state index in [0.717, 1.165) is 11.8 Å². The Morgan fingerprint density at radius 2 is 1.88 bits per heavy atom. The van der Waals surface area contributed by atoms with Crippen LogP contribution in [0.2, 0.25) is 0 Å². The van der Waals surface area contributed by atoms with Gasteiger partial charge in [-0.15, -0.1) is 6.58 Å². The van der Waals surface area contributed by atoms with Crippen molar-refractivity contribution in [3.05, 3.63) is 37.1 Å². The van der Waals surface area contributed by atoms with Gasteiger partial charge in [0.15, 0.2) is 0 Å². The zero-order valence-corrected chi connectivity index (χ0v) is 18.0. The molecule has 0 saturated heterocycles. The largest absolute Gasteiger partial charge is 0.383 e. The van der Waals surface area contributed by atoms with Crippen molar-refractivity contribution >= 4 is 0 Å². The van der Waals surface area contributed by atoms with E-state index in [9.17, 15) is 0 Å². The summed E-state index contributed by atoms with van der Waals surface area (Å²) in [6, 6.07) is 0. The monoisotopic (exact) mass is 347 g/mol. The molecule has 1 heteroatoms. The van der Waals surface area contributed by atoms with Gasteiger partial charge in [-0.2, -0.15) is 0 Å². The van der Waals surface area contributed by atoms with Crippen LogP contribution in [0.4, 0.5) is 0 Å². The zero-order valence-electron chi connectivity index (χ0n) is 18.0. The third kappa shape index (κ3) is 8.79. The van der Waals surface area contributed by atoms with Gasteiger partial charge in [-0.25, -0.2) is 0 Å². The van der Waals surface area contributed by atoms with Crippen LogP contribution in [0.15, 0.2) is 37.1 Å². The molecular formula is C24H45N. The highest BCUT2D eigenvalue weighted by Gasteiger charge is 2.49. The van der Waals surface area contributed by atoms with Gasteiger partial charge in [0, 0.05) is 23.1 Å². The van der Waals surface area contributed by atoms with E-state index in [1.807, 2.05) is 20.8 Å². The van der Waals surface area contributed by atoms with Crippen LogP contribution in [-0.4, -0.2) is 5.54 Å². The number of hydrogen-bond acceptors (Lipinski definition) is 1. The second kappa shape index (κ2) is 13.3. The van der Waals surface area contributed by atoms with Gasteiger partial charge in [0.1, 0.15) is 0 Å². The first-order valence-corrected chi connectivity index (χ1v) is 10.7. The van der Waals surface area contributed by atoms with Gasteiger partial charge in [0.2, 0.25) is 0 Å².